The van der Waals surface area contributed by atoms with E-state index < -0.39 is 13.3 Å². The molecule has 2 aromatic rings. The Labute approximate surface area is 144 Å². The van der Waals surface area contributed by atoms with Crippen molar-refractivity contribution in [2.45, 2.75) is 61.5 Å². The van der Waals surface area contributed by atoms with Crippen molar-refractivity contribution in [1.82, 2.24) is 0 Å². The summed E-state index contributed by atoms with van der Waals surface area (Å²) in [5.74, 6) is 5.24. The molecule has 122 valence electrons. The zero-order chi connectivity index (χ0) is 16.4. The molecular weight excluding hydrogens is 337 g/mol. The van der Waals surface area contributed by atoms with Gasteiger partial charge in [0.15, 0.2) is 0 Å². The normalized spacial score (nSPS) is 15.7. The van der Waals surface area contributed by atoms with Crippen LogP contribution in [-0.2, 0) is 23.3 Å². The van der Waals surface area contributed by atoms with Crippen LogP contribution in [0.25, 0.3) is 11.1 Å². The van der Waals surface area contributed by atoms with E-state index in [0.29, 0.717) is 0 Å². The van der Waals surface area contributed by atoms with E-state index in [9.17, 15) is 0 Å². The third kappa shape index (κ3) is 3.43. The van der Waals surface area contributed by atoms with Crippen LogP contribution < -0.4 is 0 Å². The van der Waals surface area contributed by atoms with Gasteiger partial charge < -0.3 is 0 Å². The molecule has 0 aliphatic carbocycles. The van der Waals surface area contributed by atoms with Crippen LogP contribution in [0.15, 0.2) is 36.4 Å². The summed E-state index contributed by atoms with van der Waals surface area (Å²) in [5, 5.41) is 2.87. The summed E-state index contributed by atoms with van der Waals surface area (Å²) < 4.78 is 0. The summed E-state index contributed by atoms with van der Waals surface area (Å²) in [4.78, 5) is 0. The van der Waals surface area contributed by atoms with Crippen molar-refractivity contribution < 1.29 is 0 Å². The summed E-state index contributed by atoms with van der Waals surface area (Å²) in [6, 6.07) is 13.6. The standard InChI is InChI=1S/C22H30Ge/c1-5-10-18-14-20(17-12-8-7-9-13-17)19(11-6-2)22-16-23(3,4)15-21(18)22/h7-9,12-14H,5-6,10-11,15-16H2,1-4H3. The molecule has 0 spiro atoms. The maximum atomic E-state index is 2.62. The zero-order valence-electron chi connectivity index (χ0n) is 15.2. The van der Waals surface area contributed by atoms with Gasteiger partial charge in [-0.1, -0.05) is 0 Å². The van der Waals surface area contributed by atoms with Gasteiger partial charge in [0.25, 0.3) is 0 Å². The molecule has 0 N–H and O–H groups in total. The summed E-state index contributed by atoms with van der Waals surface area (Å²) in [6.07, 6.45) is 4.97. The van der Waals surface area contributed by atoms with E-state index in [1.807, 2.05) is 0 Å². The molecule has 0 atom stereocenters. The van der Waals surface area contributed by atoms with Gasteiger partial charge in [0.05, 0.1) is 0 Å². The van der Waals surface area contributed by atoms with Gasteiger partial charge in [-0.15, -0.1) is 0 Å². The molecule has 0 bridgehead atoms. The van der Waals surface area contributed by atoms with E-state index in [1.54, 1.807) is 22.3 Å². The van der Waals surface area contributed by atoms with Crippen molar-refractivity contribution in [3.8, 4) is 11.1 Å². The molecule has 0 unspecified atom stereocenters. The van der Waals surface area contributed by atoms with Gasteiger partial charge >= 0.3 is 145 Å². The van der Waals surface area contributed by atoms with Crippen LogP contribution >= 0.6 is 0 Å². The van der Waals surface area contributed by atoms with Gasteiger partial charge in [0, 0.05) is 0 Å². The van der Waals surface area contributed by atoms with Crippen molar-refractivity contribution in [3.63, 3.8) is 0 Å². The molecule has 0 amide bonds. The van der Waals surface area contributed by atoms with E-state index in [0.717, 1.165) is 0 Å². The average Bonchev–Trinajstić information content (AvgIpc) is 2.86. The second-order valence-corrected chi connectivity index (χ2v) is 18.5. The summed E-state index contributed by atoms with van der Waals surface area (Å²) in [6.45, 7) is 4.64. The molecule has 1 heterocycles. The van der Waals surface area contributed by atoms with Crippen LogP contribution in [0.1, 0.15) is 48.9 Å². The first kappa shape index (κ1) is 16.8. The van der Waals surface area contributed by atoms with Gasteiger partial charge in [-0.05, 0) is 0 Å². The summed E-state index contributed by atoms with van der Waals surface area (Å²) in [7, 11) is 0. The molecule has 1 aliphatic heterocycles. The fourth-order valence-corrected chi connectivity index (χ4v) is 10.3. The number of hydrogen-bond acceptors (Lipinski definition) is 0. The van der Waals surface area contributed by atoms with Crippen molar-refractivity contribution in [3.05, 3.63) is 58.7 Å². The third-order valence-corrected chi connectivity index (χ3v) is 10.7. The number of hydrogen-bond donors (Lipinski definition) is 0. The second kappa shape index (κ2) is 6.85. The average molecular weight is 367 g/mol. The molecular formula is C22H30Ge. The first-order valence-corrected chi connectivity index (χ1v) is 16.4. The van der Waals surface area contributed by atoms with E-state index >= 15 is 0 Å². The summed E-state index contributed by atoms with van der Waals surface area (Å²) in [5.41, 5.74) is 9.78. The minimum atomic E-state index is -1.62. The first-order valence-electron chi connectivity index (χ1n) is 9.27. The SMILES string of the molecule is CCCc1cc(-c2ccccc2)c(CCC)c2c1[CH2][Ge]([CH3])([CH3])[CH2]2. The molecule has 0 radical (unpaired) electrons. The Kier molecular flexibility index (Phi) is 5.01. The van der Waals surface area contributed by atoms with Crippen LogP contribution in [0.4, 0.5) is 0 Å². The van der Waals surface area contributed by atoms with Crippen LogP contribution in [0.5, 0.6) is 0 Å². The molecule has 0 saturated heterocycles. The van der Waals surface area contributed by atoms with Crippen LogP contribution in [0, 0.1) is 0 Å². The summed E-state index contributed by atoms with van der Waals surface area (Å²) >= 11 is -1.62. The number of fused-ring (bicyclic) bond motifs is 1. The van der Waals surface area contributed by atoms with Gasteiger partial charge in [-0.25, -0.2) is 0 Å². The Bertz CT molecular complexity index is 683. The van der Waals surface area contributed by atoms with E-state index in [2.05, 4.69) is 61.8 Å². The monoisotopic (exact) mass is 368 g/mol. The zero-order valence-corrected chi connectivity index (χ0v) is 17.3. The molecule has 1 aliphatic rings. The van der Waals surface area contributed by atoms with E-state index in [1.165, 1.54) is 47.3 Å². The van der Waals surface area contributed by atoms with Crippen molar-refractivity contribution in [1.29, 1.82) is 0 Å². The van der Waals surface area contributed by atoms with Crippen LogP contribution in [0.3, 0.4) is 0 Å². The van der Waals surface area contributed by atoms with Crippen molar-refractivity contribution in [2.24, 2.45) is 0 Å². The number of rotatable bonds is 5. The molecule has 0 saturated carbocycles. The van der Waals surface area contributed by atoms with Gasteiger partial charge in [-0.2, -0.15) is 0 Å². The van der Waals surface area contributed by atoms with Gasteiger partial charge in [-0.3, -0.25) is 0 Å². The van der Waals surface area contributed by atoms with Crippen LogP contribution in [0.2, 0.25) is 11.5 Å². The molecule has 1 heteroatoms. The Hall–Kier alpha value is -1.02. The Balaban J connectivity index is 2.22. The predicted molar refractivity (Wildman–Crippen MR) is 105 cm³/mol. The van der Waals surface area contributed by atoms with Crippen molar-refractivity contribution in [2.75, 3.05) is 0 Å². The van der Waals surface area contributed by atoms with Gasteiger partial charge in [0.2, 0.25) is 0 Å². The minimum absolute atomic E-state index is 1.23. The molecule has 0 fully saturated rings. The van der Waals surface area contributed by atoms with E-state index in [-0.39, 0.29) is 0 Å². The Morgan fingerprint density at radius 2 is 1.52 bits per heavy atom. The topological polar surface area (TPSA) is 0 Å². The van der Waals surface area contributed by atoms with Crippen molar-refractivity contribution >= 4 is 13.3 Å². The second-order valence-electron chi connectivity index (χ2n) is 7.90. The molecule has 2 aromatic carbocycles. The maximum absolute atomic E-state index is 2.62. The van der Waals surface area contributed by atoms with Crippen LogP contribution in [-0.4, -0.2) is 13.3 Å². The fraction of sp³-hybridized carbons (Fsp3) is 0.455. The molecule has 3 rings (SSSR count). The fourth-order valence-electron chi connectivity index (χ4n) is 4.24. The number of aryl methyl sites for hydroxylation is 1. The quantitative estimate of drug-likeness (QED) is 0.557. The van der Waals surface area contributed by atoms with E-state index in [4.69, 9.17) is 0 Å². The van der Waals surface area contributed by atoms with Gasteiger partial charge in [0.1, 0.15) is 0 Å². The first-order chi connectivity index (χ1) is 11.1. The molecule has 0 aromatic heterocycles. The molecule has 23 heavy (non-hydrogen) atoms. The number of benzene rings is 2. The molecule has 0 nitrogen and oxygen atoms in total. The third-order valence-electron chi connectivity index (χ3n) is 5.17. The predicted octanol–water partition coefficient (Wildman–Crippen LogP) is 6.14. The Morgan fingerprint density at radius 3 is 2.17 bits per heavy atom. The Morgan fingerprint density at radius 1 is 0.870 bits per heavy atom.